The van der Waals surface area contributed by atoms with Crippen molar-refractivity contribution in [3.63, 3.8) is 0 Å². The Hall–Kier alpha value is -1.33. The Morgan fingerprint density at radius 1 is 1.58 bits per heavy atom. The summed E-state index contributed by atoms with van der Waals surface area (Å²) < 4.78 is 0. The molecule has 0 saturated carbocycles. The Kier molecular flexibility index (Phi) is 4.27. The van der Waals surface area contributed by atoms with E-state index in [4.69, 9.17) is 29.6 Å². The summed E-state index contributed by atoms with van der Waals surface area (Å²) in [5.74, 6) is 0.00589. The molecule has 19 heavy (non-hydrogen) atoms. The van der Waals surface area contributed by atoms with Gasteiger partial charge < -0.3 is 16.0 Å². The highest BCUT2D eigenvalue weighted by Crippen LogP contribution is 2.31. The van der Waals surface area contributed by atoms with E-state index >= 15 is 0 Å². The first-order valence-corrected chi connectivity index (χ1v) is 6.91. The van der Waals surface area contributed by atoms with E-state index in [0.717, 1.165) is 30.6 Å². The van der Waals surface area contributed by atoms with Crippen LogP contribution in [0.15, 0.2) is 18.2 Å². The number of amides is 1. The third kappa shape index (κ3) is 2.82. The van der Waals surface area contributed by atoms with Crippen molar-refractivity contribution in [2.24, 2.45) is 5.73 Å². The van der Waals surface area contributed by atoms with Gasteiger partial charge in [0, 0.05) is 29.9 Å². The number of rotatable bonds is 3. The van der Waals surface area contributed by atoms with Gasteiger partial charge in [-0.25, -0.2) is 0 Å². The highest BCUT2D eigenvalue weighted by molar-refractivity contribution is 7.80. The van der Waals surface area contributed by atoms with Crippen molar-refractivity contribution in [3.8, 4) is 0 Å². The topological polar surface area (TPSA) is 58.4 Å². The summed E-state index contributed by atoms with van der Waals surface area (Å²) in [5, 5.41) is 3.30. The number of anilines is 1. The third-order valence-electron chi connectivity index (χ3n) is 3.34. The van der Waals surface area contributed by atoms with Crippen molar-refractivity contribution in [3.05, 3.63) is 28.8 Å². The number of hydrogen-bond donors (Lipinski definition) is 2. The van der Waals surface area contributed by atoms with Crippen LogP contribution >= 0.6 is 23.8 Å². The largest absolute Gasteiger partial charge is 0.389 e. The smallest absolute Gasteiger partial charge is 0.242 e. The standard InChI is InChI=1S/C13H16ClN3OS/c1-16-13(18)10-3-2-6-17(10)11-7-8(14)4-5-9(11)12(15)19/h4-5,7,10H,2-3,6H2,1H3,(H2,15,19)(H,16,18). The second-order valence-electron chi connectivity index (χ2n) is 4.49. The van der Waals surface area contributed by atoms with E-state index in [1.165, 1.54) is 0 Å². The molecule has 6 heteroatoms. The Labute approximate surface area is 122 Å². The lowest BCUT2D eigenvalue weighted by Crippen LogP contribution is -2.42. The van der Waals surface area contributed by atoms with Gasteiger partial charge in [-0.15, -0.1) is 0 Å². The van der Waals surface area contributed by atoms with Crippen molar-refractivity contribution in [2.45, 2.75) is 18.9 Å². The fourth-order valence-electron chi connectivity index (χ4n) is 2.45. The molecule has 0 radical (unpaired) electrons. The molecule has 1 heterocycles. The molecule has 0 aliphatic carbocycles. The van der Waals surface area contributed by atoms with Crippen LogP contribution in [0.25, 0.3) is 0 Å². The van der Waals surface area contributed by atoms with E-state index in [1.807, 2.05) is 11.0 Å². The maximum absolute atomic E-state index is 11.9. The normalized spacial score (nSPS) is 18.4. The number of halogens is 1. The number of carbonyl (C=O) groups is 1. The number of carbonyl (C=O) groups excluding carboxylic acids is 1. The zero-order valence-corrected chi connectivity index (χ0v) is 12.2. The molecule has 3 N–H and O–H groups in total. The molecule has 1 amide bonds. The van der Waals surface area contributed by atoms with Gasteiger partial charge in [-0.3, -0.25) is 4.79 Å². The highest BCUT2D eigenvalue weighted by atomic mass is 35.5. The minimum atomic E-state index is -0.184. The van der Waals surface area contributed by atoms with Gasteiger partial charge in [-0.05, 0) is 31.0 Å². The molecule has 4 nitrogen and oxygen atoms in total. The molecule has 1 unspecified atom stereocenters. The van der Waals surface area contributed by atoms with Gasteiger partial charge in [-0.1, -0.05) is 23.8 Å². The molecule has 1 aliphatic heterocycles. The first-order chi connectivity index (χ1) is 9.04. The summed E-state index contributed by atoms with van der Waals surface area (Å²) >= 11 is 11.1. The van der Waals surface area contributed by atoms with Crippen LogP contribution in [0.4, 0.5) is 5.69 Å². The zero-order chi connectivity index (χ0) is 14.0. The molecule has 0 spiro atoms. The van der Waals surface area contributed by atoms with E-state index in [9.17, 15) is 4.79 Å². The molecule has 102 valence electrons. The van der Waals surface area contributed by atoms with Crippen LogP contribution < -0.4 is 16.0 Å². The Balaban J connectivity index is 2.42. The van der Waals surface area contributed by atoms with Gasteiger partial charge in [0.15, 0.2) is 0 Å². The molecule has 1 aromatic carbocycles. The summed E-state index contributed by atoms with van der Waals surface area (Å²) in [6.45, 7) is 0.800. The van der Waals surface area contributed by atoms with Gasteiger partial charge in [-0.2, -0.15) is 0 Å². The van der Waals surface area contributed by atoms with Crippen molar-refractivity contribution in [1.29, 1.82) is 0 Å². The minimum absolute atomic E-state index is 0.00589. The van der Waals surface area contributed by atoms with Crippen LogP contribution in [0.5, 0.6) is 0 Å². The molecule has 1 aliphatic rings. The monoisotopic (exact) mass is 297 g/mol. The molecule has 1 aromatic rings. The summed E-state index contributed by atoms with van der Waals surface area (Å²) in [6, 6.07) is 5.19. The Morgan fingerprint density at radius 2 is 2.32 bits per heavy atom. The van der Waals surface area contributed by atoms with Crippen LogP contribution in [-0.2, 0) is 4.79 Å². The maximum Gasteiger partial charge on any atom is 0.242 e. The Morgan fingerprint density at radius 3 is 2.95 bits per heavy atom. The van der Waals surface area contributed by atoms with E-state index in [-0.39, 0.29) is 11.9 Å². The summed E-state index contributed by atoms with van der Waals surface area (Å²) in [7, 11) is 1.64. The van der Waals surface area contributed by atoms with Crippen LogP contribution in [0, 0.1) is 0 Å². The van der Waals surface area contributed by atoms with Gasteiger partial charge in [0.05, 0.1) is 0 Å². The lowest BCUT2D eigenvalue weighted by Gasteiger charge is -2.27. The molecule has 1 saturated heterocycles. The lowest BCUT2D eigenvalue weighted by molar-refractivity contribution is -0.121. The summed E-state index contributed by atoms with van der Waals surface area (Å²) in [4.78, 5) is 14.3. The quantitative estimate of drug-likeness (QED) is 0.834. The molecular weight excluding hydrogens is 282 g/mol. The Bertz CT molecular complexity index is 521. The third-order valence-corrected chi connectivity index (χ3v) is 3.79. The zero-order valence-electron chi connectivity index (χ0n) is 10.6. The average Bonchev–Trinajstić information content (AvgIpc) is 2.86. The second-order valence-corrected chi connectivity index (χ2v) is 5.37. The van der Waals surface area contributed by atoms with E-state index < -0.39 is 0 Å². The number of nitrogens with one attached hydrogen (secondary N) is 1. The average molecular weight is 298 g/mol. The van der Waals surface area contributed by atoms with E-state index in [1.54, 1.807) is 19.2 Å². The maximum atomic E-state index is 11.9. The molecule has 1 atom stereocenters. The van der Waals surface area contributed by atoms with Crippen molar-refractivity contribution in [2.75, 3.05) is 18.5 Å². The molecule has 2 rings (SSSR count). The van der Waals surface area contributed by atoms with Gasteiger partial charge in [0.2, 0.25) is 5.91 Å². The molecule has 0 bridgehead atoms. The first kappa shape index (κ1) is 14.1. The minimum Gasteiger partial charge on any atom is -0.389 e. The van der Waals surface area contributed by atoms with E-state index in [2.05, 4.69) is 5.32 Å². The number of hydrogen-bond acceptors (Lipinski definition) is 3. The van der Waals surface area contributed by atoms with Crippen LogP contribution in [-0.4, -0.2) is 30.5 Å². The van der Waals surface area contributed by atoms with Crippen molar-refractivity contribution in [1.82, 2.24) is 5.32 Å². The van der Waals surface area contributed by atoms with Crippen molar-refractivity contribution >= 4 is 40.4 Å². The summed E-state index contributed by atoms with van der Waals surface area (Å²) in [6.07, 6.45) is 1.78. The number of nitrogens with two attached hydrogens (primary N) is 1. The molecule has 0 aromatic heterocycles. The second kappa shape index (κ2) is 5.75. The summed E-state index contributed by atoms with van der Waals surface area (Å²) in [5.41, 5.74) is 7.35. The predicted molar refractivity (Wildman–Crippen MR) is 81.8 cm³/mol. The number of likely N-dealkylation sites (N-methyl/N-ethyl adjacent to an activating group) is 1. The van der Waals surface area contributed by atoms with Gasteiger partial charge in [0.25, 0.3) is 0 Å². The van der Waals surface area contributed by atoms with Crippen LogP contribution in [0.2, 0.25) is 5.02 Å². The van der Waals surface area contributed by atoms with Crippen molar-refractivity contribution < 1.29 is 4.79 Å². The lowest BCUT2D eigenvalue weighted by atomic mass is 10.1. The predicted octanol–water partition coefficient (Wildman–Crippen LogP) is 1.69. The number of benzene rings is 1. The molecular formula is C13H16ClN3OS. The van der Waals surface area contributed by atoms with Crippen LogP contribution in [0.1, 0.15) is 18.4 Å². The van der Waals surface area contributed by atoms with Gasteiger partial charge >= 0.3 is 0 Å². The fourth-order valence-corrected chi connectivity index (χ4v) is 2.78. The fraction of sp³-hybridized carbons (Fsp3) is 0.385. The van der Waals surface area contributed by atoms with Gasteiger partial charge in [0.1, 0.15) is 11.0 Å². The van der Waals surface area contributed by atoms with Crippen LogP contribution in [0.3, 0.4) is 0 Å². The highest BCUT2D eigenvalue weighted by Gasteiger charge is 2.31. The molecule has 1 fully saturated rings. The van der Waals surface area contributed by atoms with E-state index in [0.29, 0.717) is 10.0 Å². The SMILES string of the molecule is CNC(=O)C1CCCN1c1cc(Cl)ccc1C(N)=S. The first-order valence-electron chi connectivity index (χ1n) is 6.12. The number of thiocarbonyl (C=S) groups is 1. The number of nitrogens with zero attached hydrogens (tertiary/aromatic N) is 1.